The molecule has 0 fully saturated rings. The van der Waals surface area contributed by atoms with Gasteiger partial charge in [-0.05, 0) is 25.1 Å². The SMILES string of the molecule is COc1ccccc1C(CC(=O)O)c1cnc2cccc(C)n12. The van der Waals surface area contributed by atoms with Crippen LogP contribution in [0, 0.1) is 6.92 Å². The average Bonchev–Trinajstić information content (AvgIpc) is 2.98. The Morgan fingerprint density at radius 1 is 1.26 bits per heavy atom. The van der Waals surface area contributed by atoms with E-state index >= 15 is 0 Å². The second-order valence-electron chi connectivity index (χ2n) is 5.44. The van der Waals surface area contributed by atoms with Gasteiger partial charge in [0, 0.05) is 23.4 Å². The second kappa shape index (κ2) is 6.12. The fourth-order valence-corrected chi connectivity index (χ4v) is 2.98. The third-order valence-electron chi connectivity index (χ3n) is 4.00. The Morgan fingerprint density at radius 2 is 2.04 bits per heavy atom. The number of aryl methyl sites for hydroxylation is 1. The van der Waals surface area contributed by atoms with Crippen molar-refractivity contribution in [3.05, 3.63) is 65.6 Å². The van der Waals surface area contributed by atoms with Crippen LogP contribution in [0.2, 0.25) is 0 Å². The number of methoxy groups -OCH3 is 1. The van der Waals surface area contributed by atoms with Gasteiger partial charge in [-0.1, -0.05) is 24.3 Å². The van der Waals surface area contributed by atoms with E-state index in [2.05, 4.69) is 4.98 Å². The molecule has 0 saturated carbocycles. The number of rotatable bonds is 5. The Hall–Kier alpha value is -2.82. The summed E-state index contributed by atoms with van der Waals surface area (Å²) in [5, 5.41) is 9.38. The number of hydrogen-bond acceptors (Lipinski definition) is 3. The molecule has 0 saturated heterocycles. The zero-order valence-corrected chi connectivity index (χ0v) is 13.1. The third-order valence-corrected chi connectivity index (χ3v) is 4.00. The summed E-state index contributed by atoms with van der Waals surface area (Å²) < 4.78 is 7.43. The van der Waals surface area contributed by atoms with Gasteiger partial charge in [0.1, 0.15) is 11.4 Å². The summed E-state index contributed by atoms with van der Waals surface area (Å²) in [7, 11) is 1.59. The lowest BCUT2D eigenvalue weighted by Crippen LogP contribution is -2.12. The molecule has 2 aromatic heterocycles. The highest BCUT2D eigenvalue weighted by Gasteiger charge is 2.24. The van der Waals surface area contributed by atoms with Crippen LogP contribution in [0.1, 0.15) is 29.3 Å². The molecule has 0 aliphatic heterocycles. The van der Waals surface area contributed by atoms with E-state index in [9.17, 15) is 9.90 Å². The molecule has 5 nitrogen and oxygen atoms in total. The Morgan fingerprint density at radius 3 is 2.78 bits per heavy atom. The topological polar surface area (TPSA) is 63.8 Å². The lowest BCUT2D eigenvalue weighted by Gasteiger charge is -2.19. The van der Waals surface area contributed by atoms with Crippen molar-refractivity contribution in [2.24, 2.45) is 0 Å². The Labute approximate surface area is 134 Å². The Bertz CT molecular complexity index is 854. The molecule has 1 atom stereocenters. The van der Waals surface area contributed by atoms with Crippen LogP contribution in [0.3, 0.4) is 0 Å². The quantitative estimate of drug-likeness (QED) is 0.785. The maximum atomic E-state index is 11.4. The lowest BCUT2D eigenvalue weighted by atomic mass is 9.92. The number of nitrogens with zero attached hydrogens (tertiary/aromatic N) is 2. The minimum absolute atomic E-state index is 0.0253. The number of carboxylic acid groups (broad SMARTS) is 1. The summed E-state index contributed by atoms with van der Waals surface area (Å²) in [6.45, 7) is 1.98. The first-order valence-electron chi connectivity index (χ1n) is 7.39. The third kappa shape index (κ3) is 2.77. The highest BCUT2D eigenvalue weighted by atomic mass is 16.5. The summed E-state index contributed by atoms with van der Waals surface area (Å²) in [5.41, 5.74) is 3.53. The predicted octanol–water partition coefficient (Wildman–Crippen LogP) is 3.26. The van der Waals surface area contributed by atoms with Crippen molar-refractivity contribution in [3.8, 4) is 5.75 Å². The lowest BCUT2D eigenvalue weighted by molar-refractivity contribution is -0.137. The number of benzene rings is 1. The number of imidazole rings is 1. The first kappa shape index (κ1) is 15.1. The molecule has 5 heteroatoms. The average molecular weight is 310 g/mol. The predicted molar refractivity (Wildman–Crippen MR) is 87.0 cm³/mol. The van der Waals surface area contributed by atoms with Crippen LogP contribution in [0.25, 0.3) is 5.65 Å². The number of carboxylic acids is 1. The van der Waals surface area contributed by atoms with Gasteiger partial charge in [0.25, 0.3) is 0 Å². The van der Waals surface area contributed by atoms with Crippen molar-refractivity contribution in [1.82, 2.24) is 9.38 Å². The molecule has 0 aliphatic carbocycles. The van der Waals surface area contributed by atoms with Gasteiger partial charge in [0.2, 0.25) is 0 Å². The first-order chi connectivity index (χ1) is 11.1. The number of pyridine rings is 1. The summed E-state index contributed by atoms with van der Waals surface area (Å²) in [5.74, 6) is -0.508. The normalized spacial score (nSPS) is 12.3. The number of hydrogen-bond donors (Lipinski definition) is 1. The van der Waals surface area contributed by atoms with Crippen molar-refractivity contribution in [2.75, 3.05) is 7.11 Å². The molecule has 1 aromatic carbocycles. The van der Waals surface area contributed by atoms with E-state index in [-0.39, 0.29) is 12.3 Å². The minimum Gasteiger partial charge on any atom is -0.496 e. The van der Waals surface area contributed by atoms with Gasteiger partial charge in [-0.2, -0.15) is 0 Å². The largest absolute Gasteiger partial charge is 0.496 e. The van der Waals surface area contributed by atoms with Gasteiger partial charge < -0.3 is 14.2 Å². The van der Waals surface area contributed by atoms with E-state index in [4.69, 9.17) is 4.74 Å². The van der Waals surface area contributed by atoms with E-state index in [1.807, 2.05) is 53.8 Å². The van der Waals surface area contributed by atoms with Crippen molar-refractivity contribution in [1.29, 1.82) is 0 Å². The maximum Gasteiger partial charge on any atom is 0.304 e. The van der Waals surface area contributed by atoms with Crippen molar-refractivity contribution in [3.63, 3.8) is 0 Å². The zero-order chi connectivity index (χ0) is 16.4. The van der Waals surface area contributed by atoms with Crippen LogP contribution in [0.5, 0.6) is 5.75 Å². The molecule has 0 aliphatic rings. The number of aliphatic carboxylic acids is 1. The molecule has 1 N–H and O–H groups in total. The summed E-state index contributed by atoms with van der Waals surface area (Å²) >= 11 is 0. The zero-order valence-electron chi connectivity index (χ0n) is 13.1. The van der Waals surface area contributed by atoms with Gasteiger partial charge in [-0.3, -0.25) is 4.79 Å². The van der Waals surface area contributed by atoms with Gasteiger partial charge in [-0.25, -0.2) is 4.98 Å². The molecular weight excluding hydrogens is 292 g/mol. The van der Waals surface area contributed by atoms with E-state index in [0.29, 0.717) is 5.75 Å². The monoisotopic (exact) mass is 310 g/mol. The summed E-state index contributed by atoms with van der Waals surface area (Å²) in [6.07, 6.45) is 1.73. The Kier molecular flexibility index (Phi) is 4.02. The smallest absolute Gasteiger partial charge is 0.304 e. The molecule has 118 valence electrons. The fraction of sp³-hybridized carbons (Fsp3) is 0.222. The number of aromatic nitrogens is 2. The van der Waals surface area contributed by atoms with E-state index in [0.717, 1.165) is 22.6 Å². The number of para-hydroxylation sites is 1. The van der Waals surface area contributed by atoms with Crippen LogP contribution < -0.4 is 4.74 Å². The van der Waals surface area contributed by atoms with Gasteiger partial charge in [0.15, 0.2) is 0 Å². The molecule has 0 spiro atoms. The van der Waals surface area contributed by atoms with Crippen LogP contribution in [-0.2, 0) is 4.79 Å². The molecule has 3 aromatic rings. The highest BCUT2D eigenvalue weighted by Crippen LogP contribution is 2.35. The standard InChI is InChI=1S/C18H18N2O3/c1-12-6-5-9-17-19-11-15(20(12)17)14(10-18(21)22)13-7-3-4-8-16(13)23-2/h3-9,11,14H,10H2,1-2H3,(H,21,22). The van der Waals surface area contributed by atoms with Crippen LogP contribution in [-0.4, -0.2) is 27.6 Å². The van der Waals surface area contributed by atoms with Crippen molar-refractivity contribution >= 4 is 11.6 Å². The molecule has 0 bridgehead atoms. The number of carbonyl (C=O) groups is 1. The molecule has 3 rings (SSSR count). The molecule has 0 amide bonds. The van der Waals surface area contributed by atoms with Gasteiger partial charge >= 0.3 is 5.97 Å². The molecular formula is C18H18N2O3. The minimum atomic E-state index is -0.857. The molecule has 2 heterocycles. The maximum absolute atomic E-state index is 11.4. The second-order valence-corrected chi connectivity index (χ2v) is 5.44. The van der Waals surface area contributed by atoms with E-state index in [1.165, 1.54) is 0 Å². The Balaban J connectivity index is 2.21. The molecule has 1 unspecified atom stereocenters. The van der Waals surface area contributed by atoms with Crippen LogP contribution in [0.4, 0.5) is 0 Å². The molecule has 23 heavy (non-hydrogen) atoms. The molecule has 0 radical (unpaired) electrons. The fourth-order valence-electron chi connectivity index (χ4n) is 2.98. The van der Waals surface area contributed by atoms with Gasteiger partial charge in [0.05, 0.1) is 19.2 Å². The number of ether oxygens (including phenoxy) is 1. The highest BCUT2D eigenvalue weighted by molar-refractivity contribution is 5.69. The number of fused-ring (bicyclic) bond motifs is 1. The van der Waals surface area contributed by atoms with E-state index in [1.54, 1.807) is 13.3 Å². The van der Waals surface area contributed by atoms with Crippen LogP contribution in [0.15, 0.2) is 48.7 Å². The van der Waals surface area contributed by atoms with Crippen LogP contribution >= 0.6 is 0 Å². The summed E-state index contributed by atoms with van der Waals surface area (Å²) in [4.78, 5) is 15.8. The first-order valence-corrected chi connectivity index (χ1v) is 7.39. The summed E-state index contributed by atoms with van der Waals surface area (Å²) in [6, 6.07) is 13.4. The van der Waals surface area contributed by atoms with Gasteiger partial charge in [-0.15, -0.1) is 0 Å². The van der Waals surface area contributed by atoms with Crippen molar-refractivity contribution in [2.45, 2.75) is 19.3 Å². The van der Waals surface area contributed by atoms with E-state index < -0.39 is 5.97 Å². The van der Waals surface area contributed by atoms with Crippen molar-refractivity contribution < 1.29 is 14.6 Å².